The highest BCUT2D eigenvalue weighted by atomic mass is 31.2. The molecule has 13 heteroatoms. The molecule has 2 aromatic rings. The van der Waals surface area contributed by atoms with E-state index in [0.717, 1.165) is 16.2 Å². The number of hydrogen-bond donors (Lipinski definition) is 3. The summed E-state index contributed by atoms with van der Waals surface area (Å²) in [7, 11) is -3.91. The molecule has 6 atom stereocenters. The van der Waals surface area contributed by atoms with Crippen LogP contribution in [0, 0.1) is 5.92 Å². The Kier molecular flexibility index (Phi) is 6.94. The molecule has 1 aromatic carbocycles. The van der Waals surface area contributed by atoms with Gasteiger partial charge in [-0.15, -0.1) is 0 Å². The number of hydrogen-bond acceptors (Lipinski definition) is 9. The number of carbonyl (C=O) groups is 1. The molecule has 1 aromatic heterocycles. The highest BCUT2D eigenvalue weighted by Crippen LogP contribution is 2.50. The largest absolute Gasteiger partial charge is 0.460 e. The molecule has 12 nitrogen and oxygen atoms in total. The van der Waals surface area contributed by atoms with Gasteiger partial charge in [0.15, 0.2) is 6.23 Å². The van der Waals surface area contributed by atoms with Crippen LogP contribution in [0.15, 0.2) is 52.2 Å². The maximum Gasteiger partial charge on any atom is 0.406 e. The van der Waals surface area contributed by atoms with Gasteiger partial charge in [-0.3, -0.25) is 28.2 Å². The third kappa shape index (κ3) is 5.32. The third-order valence-corrected chi connectivity index (χ3v) is 7.10. The molecular formula is C20H24N3O9P. The Morgan fingerprint density at radius 2 is 2.00 bits per heavy atom. The number of aliphatic hydroxyl groups excluding tert-OH is 1. The highest BCUT2D eigenvalue weighted by molar-refractivity contribution is 7.51. The van der Waals surface area contributed by atoms with Gasteiger partial charge in [0.25, 0.3) is 5.56 Å². The van der Waals surface area contributed by atoms with Crippen molar-refractivity contribution < 1.29 is 33.0 Å². The van der Waals surface area contributed by atoms with E-state index in [0.29, 0.717) is 0 Å². The number of ether oxygens (including phenoxy) is 2. The Morgan fingerprint density at radius 3 is 2.73 bits per heavy atom. The molecule has 33 heavy (non-hydrogen) atoms. The van der Waals surface area contributed by atoms with Gasteiger partial charge in [0, 0.05) is 18.2 Å². The second-order valence-corrected chi connectivity index (χ2v) is 9.54. The minimum atomic E-state index is -3.91. The van der Waals surface area contributed by atoms with Gasteiger partial charge in [0.05, 0.1) is 19.3 Å². The van der Waals surface area contributed by atoms with Gasteiger partial charge in [-0.25, -0.2) is 14.4 Å². The first-order valence-corrected chi connectivity index (χ1v) is 11.8. The fraction of sp³-hybridized carbons (Fsp3) is 0.450. The number of H-pyrrole nitrogens is 1. The van der Waals surface area contributed by atoms with Gasteiger partial charge >= 0.3 is 19.4 Å². The van der Waals surface area contributed by atoms with Crippen LogP contribution < -0.4 is 16.3 Å². The standard InChI is InChI=1S/C20H24N3O9P/c1-12(19(26)29-9-13-5-3-2-4-6-13)22-33(28)30-10-14-15(11-31-33)32-18(17(14)25)23-8-7-16(24)21-20(23)27/h2-8,12,14-15,17-18,25H,9-11H2,1H3,(H,22,28)(H,21,24,27)/t12-,14-,15-,17-,18-,33-/m1/s1. The maximum atomic E-state index is 13.0. The van der Waals surface area contributed by atoms with E-state index in [1.807, 2.05) is 30.3 Å². The van der Waals surface area contributed by atoms with Crippen molar-refractivity contribution in [3.05, 3.63) is 69.0 Å². The summed E-state index contributed by atoms with van der Waals surface area (Å²) in [4.78, 5) is 37.7. The SMILES string of the molecule is C[C@@H](N[P@@]1(=O)OC[C@H]2[C@@H](O)[C@H](n3ccc(=O)[nH]c3=O)O[C@@H]2CO1)C(=O)OCc1ccccc1. The normalized spacial score (nSPS) is 30.2. The van der Waals surface area contributed by atoms with Crippen molar-refractivity contribution >= 4 is 13.7 Å². The van der Waals surface area contributed by atoms with Crippen molar-refractivity contribution in [2.45, 2.75) is 38.0 Å². The first kappa shape index (κ1) is 23.6. The van der Waals surface area contributed by atoms with Gasteiger partial charge in [-0.05, 0) is 12.5 Å². The zero-order valence-corrected chi connectivity index (χ0v) is 18.6. The predicted molar refractivity (Wildman–Crippen MR) is 113 cm³/mol. The highest BCUT2D eigenvalue weighted by Gasteiger charge is 2.49. The molecule has 0 aliphatic carbocycles. The fourth-order valence-corrected chi connectivity index (χ4v) is 5.14. The molecule has 2 fully saturated rings. The number of rotatable bonds is 6. The fourth-order valence-electron chi connectivity index (χ4n) is 3.63. The number of aromatic amines is 1. The first-order valence-electron chi connectivity index (χ1n) is 10.3. The van der Waals surface area contributed by atoms with Gasteiger partial charge in [-0.1, -0.05) is 30.3 Å². The lowest BCUT2D eigenvalue weighted by atomic mass is 9.99. The zero-order valence-electron chi connectivity index (χ0n) is 17.7. The van der Waals surface area contributed by atoms with E-state index in [1.165, 1.54) is 13.1 Å². The quantitative estimate of drug-likeness (QED) is 0.387. The molecule has 0 bridgehead atoms. The number of nitrogens with one attached hydrogen (secondary N) is 2. The lowest BCUT2D eigenvalue weighted by molar-refractivity contribution is -0.146. The molecule has 2 aliphatic heterocycles. The summed E-state index contributed by atoms with van der Waals surface area (Å²) >= 11 is 0. The van der Waals surface area contributed by atoms with Crippen LogP contribution in [0.2, 0.25) is 0 Å². The summed E-state index contributed by atoms with van der Waals surface area (Å²) in [5, 5.41) is 13.2. The summed E-state index contributed by atoms with van der Waals surface area (Å²) in [6, 6.07) is 9.25. The smallest absolute Gasteiger partial charge is 0.406 e. The van der Waals surface area contributed by atoms with Crippen molar-refractivity contribution in [2.24, 2.45) is 5.92 Å². The van der Waals surface area contributed by atoms with E-state index < -0.39 is 55.4 Å². The number of carbonyl (C=O) groups excluding carboxylic acids is 1. The van der Waals surface area contributed by atoms with Gasteiger partial charge in [0.1, 0.15) is 18.8 Å². The second kappa shape index (κ2) is 9.72. The van der Waals surface area contributed by atoms with E-state index in [-0.39, 0.29) is 19.8 Å². The Labute approximate surface area is 188 Å². The van der Waals surface area contributed by atoms with E-state index in [9.17, 15) is 24.1 Å². The Morgan fingerprint density at radius 1 is 1.27 bits per heavy atom. The molecule has 3 N–H and O–H groups in total. The Bertz CT molecular complexity index is 1150. The van der Waals surface area contributed by atoms with Crippen LogP contribution in [0.3, 0.4) is 0 Å². The van der Waals surface area contributed by atoms with E-state index >= 15 is 0 Å². The van der Waals surface area contributed by atoms with Crippen molar-refractivity contribution in [1.82, 2.24) is 14.6 Å². The number of benzene rings is 1. The number of aromatic nitrogens is 2. The number of esters is 1. The summed E-state index contributed by atoms with van der Waals surface area (Å²) in [5.74, 6) is -1.30. The Balaban J connectivity index is 1.35. The number of fused-ring (bicyclic) bond motifs is 1. The van der Waals surface area contributed by atoms with Crippen LogP contribution in [0.1, 0.15) is 18.7 Å². The summed E-state index contributed by atoms with van der Waals surface area (Å²) in [6.07, 6.45) is -1.78. The molecule has 0 unspecified atom stereocenters. The lowest BCUT2D eigenvalue weighted by Crippen LogP contribution is -2.37. The van der Waals surface area contributed by atoms with Crippen LogP contribution in [0.5, 0.6) is 0 Å². The molecule has 0 radical (unpaired) electrons. The molecule has 0 spiro atoms. The van der Waals surface area contributed by atoms with E-state index in [1.54, 1.807) is 0 Å². The summed E-state index contributed by atoms with van der Waals surface area (Å²) in [6.45, 7) is 1.10. The van der Waals surface area contributed by atoms with Gasteiger partial charge in [0.2, 0.25) is 0 Å². The molecule has 0 saturated carbocycles. The van der Waals surface area contributed by atoms with Crippen molar-refractivity contribution in [3.63, 3.8) is 0 Å². The minimum Gasteiger partial charge on any atom is -0.460 e. The minimum absolute atomic E-state index is 0.0629. The molecule has 2 aliphatic rings. The van der Waals surface area contributed by atoms with Crippen molar-refractivity contribution in [3.8, 4) is 0 Å². The maximum absolute atomic E-state index is 13.0. The first-order chi connectivity index (χ1) is 15.8. The van der Waals surface area contributed by atoms with Crippen LogP contribution in [-0.2, 0) is 34.5 Å². The van der Waals surface area contributed by atoms with E-state index in [2.05, 4.69) is 10.1 Å². The summed E-state index contributed by atoms with van der Waals surface area (Å²) in [5.41, 5.74) is -0.505. The van der Waals surface area contributed by atoms with Crippen LogP contribution in [0.4, 0.5) is 0 Å². The number of nitrogens with zero attached hydrogens (tertiary/aromatic N) is 1. The molecule has 4 rings (SSSR count). The average Bonchev–Trinajstić information content (AvgIpc) is 3.00. The Hall–Kier alpha value is -2.60. The second-order valence-electron chi connectivity index (χ2n) is 7.77. The topological polar surface area (TPSA) is 158 Å². The third-order valence-electron chi connectivity index (χ3n) is 5.42. The van der Waals surface area contributed by atoms with Crippen molar-refractivity contribution in [2.75, 3.05) is 13.2 Å². The monoisotopic (exact) mass is 481 g/mol. The van der Waals surface area contributed by atoms with Gasteiger partial charge in [-0.2, -0.15) is 0 Å². The molecule has 3 heterocycles. The zero-order chi connectivity index (χ0) is 23.6. The van der Waals surface area contributed by atoms with Crippen LogP contribution >= 0.6 is 7.75 Å². The van der Waals surface area contributed by atoms with Crippen molar-refractivity contribution in [1.29, 1.82) is 0 Å². The predicted octanol–water partition coefficient (Wildman–Crippen LogP) is 0.288. The molecular weight excluding hydrogens is 457 g/mol. The summed E-state index contributed by atoms with van der Waals surface area (Å²) < 4.78 is 35.9. The van der Waals surface area contributed by atoms with Crippen LogP contribution in [-0.4, -0.2) is 52.1 Å². The molecule has 178 valence electrons. The molecule has 0 amide bonds. The average molecular weight is 481 g/mol. The van der Waals surface area contributed by atoms with Crippen LogP contribution in [0.25, 0.3) is 0 Å². The van der Waals surface area contributed by atoms with Gasteiger partial charge < -0.3 is 14.6 Å². The van der Waals surface area contributed by atoms with E-state index in [4.69, 9.17) is 18.5 Å². The lowest BCUT2D eigenvalue weighted by Gasteiger charge is -2.22. The number of aliphatic hydroxyl groups is 1. The molecule has 2 saturated heterocycles.